The number of hydrogen-bond donors (Lipinski definition) is 1. The first kappa shape index (κ1) is 20.0. The third-order valence-electron chi connectivity index (χ3n) is 5.17. The highest BCUT2D eigenvalue weighted by molar-refractivity contribution is 7.15. The van der Waals surface area contributed by atoms with E-state index in [1.54, 1.807) is 49.4 Å². The molecule has 0 unspecified atom stereocenters. The van der Waals surface area contributed by atoms with Gasteiger partial charge >= 0.3 is 0 Å². The van der Waals surface area contributed by atoms with Crippen LogP contribution in [0.3, 0.4) is 0 Å². The maximum atomic E-state index is 13.2. The topological polar surface area (TPSA) is 94.4 Å². The molecule has 1 amide bonds. The number of carbonyl (C=O) groups is 1. The summed E-state index contributed by atoms with van der Waals surface area (Å²) < 4.78 is 8.50. The highest BCUT2D eigenvalue weighted by Gasteiger charge is 2.32. The highest BCUT2D eigenvalue weighted by Crippen LogP contribution is 2.25. The molecular weight excluding hydrogens is 426 g/mol. The Morgan fingerprint density at radius 2 is 2.00 bits per heavy atom. The molecule has 0 aliphatic rings. The Balaban J connectivity index is 1.43. The maximum absolute atomic E-state index is 13.2. The second kappa shape index (κ2) is 7.61. The van der Waals surface area contributed by atoms with Gasteiger partial charge in [0.1, 0.15) is 11.2 Å². The van der Waals surface area contributed by atoms with Crippen molar-refractivity contribution in [1.29, 1.82) is 0 Å². The summed E-state index contributed by atoms with van der Waals surface area (Å²) in [6.07, 6.45) is 5.42. The van der Waals surface area contributed by atoms with E-state index in [0.29, 0.717) is 17.1 Å². The summed E-state index contributed by atoms with van der Waals surface area (Å²) in [5, 5.41) is 9.25. The first-order chi connectivity index (χ1) is 15.4. The van der Waals surface area contributed by atoms with Crippen molar-refractivity contribution in [3.63, 3.8) is 0 Å². The van der Waals surface area contributed by atoms with Crippen molar-refractivity contribution in [2.75, 3.05) is 5.32 Å². The van der Waals surface area contributed by atoms with Gasteiger partial charge in [0.05, 0.1) is 12.0 Å². The molecule has 9 heteroatoms. The fraction of sp³-hybridized carbons (Fsp3) is 0.130. The zero-order valence-corrected chi connectivity index (χ0v) is 18.2. The molecule has 0 aliphatic heterocycles. The zero-order chi connectivity index (χ0) is 22.3. The lowest BCUT2D eigenvalue weighted by Gasteiger charge is -2.25. The maximum Gasteiger partial charge on any atom is 0.267 e. The van der Waals surface area contributed by atoms with Crippen LogP contribution >= 0.6 is 11.3 Å². The second-order valence-electron chi connectivity index (χ2n) is 7.76. The zero-order valence-electron chi connectivity index (χ0n) is 17.4. The standard InChI is InChI=1S/C23H19N5O3S/c1-23(2,28-20(29)9-8-17(26-28)19-7-4-11-31-19)21(30)24-16-6-3-5-15(13-16)18-14-27-10-12-32-22(27)25-18/h3-14H,1-2H3,(H,24,30). The Labute approximate surface area is 186 Å². The van der Waals surface area contributed by atoms with E-state index in [2.05, 4.69) is 15.4 Å². The summed E-state index contributed by atoms with van der Waals surface area (Å²) in [7, 11) is 0. The van der Waals surface area contributed by atoms with Gasteiger partial charge in [0.2, 0.25) is 0 Å². The number of aromatic nitrogens is 4. The molecule has 4 aromatic heterocycles. The average Bonchev–Trinajstić information content (AvgIpc) is 3.52. The van der Waals surface area contributed by atoms with Gasteiger partial charge < -0.3 is 9.73 Å². The third kappa shape index (κ3) is 3.52. The molecule has 0 aliphatic carbocycles. The molecule has 0 saturated carbocycles. The van der Waals surface area contributed by atoms with Crippen LogP contribution in [0.2, 0.25) is 0 Å². The quantitative estimate of drug-likeness (QED) is 0.436. The van der Waals surface area contributed by atoms with Crippen LogP contribution in [0.15, 0.2) is 81.8 Å². The Hall–Kier alpha value is -3.98. The molecule has 1 aromatic carbocycles. The number of nitrogens with zero attached hydrogens (tertiary/aromatic N) is 4. The first-order valence-electron chi connectivity index (χ1n) is 9.91. The van der Waals surface area contributed by atoms with E-state index in [4.69, 9.17) is 4.42 Å². The van der Waals surface area contributed by atoms with Crippen LogP contribution in [-0.4, -0.2) is 25.1 Å². The third-order valence-corrected chi connectivity index (χ3v) is 5.94. The van der Waals surface area contributed by atoms with Gasteiger partial charge in [-0.05, 0) is 44.2 Å². The lowest BCUT2D eigenvalue weighted by molar-refractivity contribution is -0.123. The van der Waals surface area contributed by atoms with E-state index < -0.39 is 5.54 Å². The van der Waals surface area contributed by atoms with E-state index in [0.717, 1.165) is 16.2 Å². The van der Waals surface area contributed by atoms with Crippen LogP contribution in [0.4, 0.5) is 5.69 Å². The van der Waals surface area contributed by atoms with Crippen molar-refractivity contribution in [3.05, 3.63) is 82.9 Å². The minimum atomic E-state index is -1.24. The normalized spacial score (nSPS) is 11.7. The van der Waals surface area contributed by atoms with Gasteiger partial charge in [-0.3, -0.25) is 14.0 Å². The van der Waals surface area contributed by atoms with Crippen LogP contribution in [0.5, 0.6) is 0 Å². The van der Waals surface area contributed by atoms with Crippen molar-refractivity contribution in [2.45, 2.75) is 19.4 Å². The summed E-state index contributed by atoms with van der Waals surface area (Å²) in [5.74, 6) is 0.148. The molecule has 0 fully saturated rings. The van der Waals surface area contributed by atoms with Crippen LogP contribution in [0, 0.1) is 0 Å². The molecule has 0 atom stereocenters. The van der Waals surface area contributed by atoms with Gasteiger partial charge in [0, 0.05) is 35.1 Å². The number of anilines is 1. The van der Waals surface area contributed by atoms with Crippen LogP contribution in [0.1, 0.15) is 13.8 Å². The van der Waals surface area contributed by atoms with E-state index in [9.17, 15) is 9.59 Å². The Kier molecular flexibility index (Phi) is 4.75. The van der Waals surface area contributed by atoms with Crippen LogP contribution in [0.25, 0.3) is 27.7 Å². The summed E-state index contributed by atoms with van der Waals surface area (Å²) in [5.41, 5.74) is 1.15. The molecule has 5 rings (SSSR count). The van der Waals surface area contributed by atoms with E-state index in [1.807, 2.05) is 40.4 Å². The molecule has 0 spiro atoms. The number of imidazole rings is 1. The predicted molar refractivity (Wildman–Crippen MR) is 123 cm³/mol. The molecular formula is C23H19N5O3S. The van der Waals surface area contributed by atoms with Crippen molar-refractivity contribution < 1.29 is 9.21 Å². The number of benzene rings is 1. The molecule has 0 radical (unpaired) electrons. The van der Waals surface area contributed by atoms with E-state index in [1.165, 1.54) is 17.0 Å². The smallest absolute Gasteiger partial charge is 0.267 e. The molecule has 160 valence electrons. The van der Waals surface area contributed by atoms with Gasteiger partial charge in [-0.25, -0.2) is 9.67 Å². The van der Waals surface area contributed by atoms with Crippen molar-refractivity contribution in [3.8, 4) is 22.7 Å². The Bertz CT molecular complexity index is 1450. The van der Waals surface area contributed by atoms with E-state index >= 15 is 0 Å². The van der Waals surface area contributed by atoms with Crippen molar-refractivity contribution in [1.82, 2.24) is 19.2 Å². The van der Waals surface area contributed by atoms with Gasteiger partial charge in [-0.2, -0.15) is 5.10 Å². The number of hydrogen-bond acceptors (Lipinski definition) is 6. The lowest BCUT2D eigenvalue weighted by Crippen LogP contribution is -2.47. The summed E-state index contributed by atoms with van der Waals surface area (Å²) >= 11 is 1.56. The highest BCUT2D eigenvalue weighted by atomic mass is 32.1. The SMILES string of the molecule is CC(C)(C(=O)Nc1cccc(-c2cn3ccsc3n2)c1)n1nc(-c2ccco2)ccc1=O. The Morgan fingerprint density at radius 3 is 2.78 bits per heavy atom. The minimum absolute atomic E-state index is 0.369. The van der Waals surface area contributed by atoms with Crippen molar-refractivity contribution in [2.24, 2.45) is 0 Å². The van der Waals surface area contributed by atoms with E-state index in [-0.39, 0.29) is 11.5 Å². The molecule has 4 heterocycles. The summed E-state index contributed by atoms with van der Waals surface area (Å²) in [6.45, 7) is 3.30. The molecule has 8 nitrogen and oxygen atoms in total. The van der Waals surface area contributed by atoms with Gasteiger partial charge in [-0.15, -0.1) is 11.3 Å². The van der Waals surface area contributed by atoms with Gasteiger partial charge in [0.15, 0.2) is 10.7 Å². The average molecular weight is 446 g/mol. The fourth-order valence-corrected chi connectivity index (χ4v) is 4.07. The Morgan fingerprint density at radius 1 is 1.12 bits per heavy atom. The molecule has 0 saturated heterocycles. The summed E-state index contributed by atoms with van der Waals surface area (Å²) in [6, 6.07) is 13.9. The first-order valence-corrected chi connectivity index (χ1v) is 10.8. The number of furan rings is 1. The number of thiazole rings is 1. The van der Waals surface area contributed by atoms with Crippen LogP contribution in [-0.2, 0) is 10.3 Å². The molecule has 32 heavy (non-hydrogen) atoms. The minimum Gasteiger partial charge on any atom is -0.463 e. The number of fused-ring (bicyclic) bond motifs is 1. The fourth-order valence-electron chi connectivity index (χ4n) is 3.37. The summed E-state index contributed by atoms with van der Waals surface area (Å²) in [4.78, 5) is 31.2. The number of nitrogens with one attached hydrogen (secondary N) is 1. The van der Waals surface area contributed by atoms with Gasteiger partial charge in [-0.1, -0.05) is 12.1 Å². The number of rotatable bonds is 5. The van der Waals surface area contributed by atoms with Crippen LogP contribution < -0.4 is 10.9 Å². The molecule has 5 aromatic rings. The number of carbonyl (C=O) groups excluding carboxylic acids is 1. The van der Waals surface area contributed by atoms with Crippen molar-refractivity contribution >= 4 is 27.9 Å². The predicted octanol–water partition coefficient (Wildman–Crippen LogP) is 4.25. The molecule has 0 bridgehead atoms. The molecule has 1 N–H and O–H groups in total. The number of amides is 1. The monoisotopic (exact) mass is 445 g/mol. The second-order valence-corrected chi connectivity index (χ2v) is 8.63. The van der Waals surface area contributed by atoms with Gasteiger partial charge in [0.25, 0.3) is 11.5 Å². The largest absolute Gasteiger partial charge is 0.463 e. The lowest BCUT2D eigenvalue weighted by atomic mass is 10.0.